The number of hydrogen-bond acceptors (Lipinski definition) is 5. The van der Waals surface area contributed by atoms with Crippen molar-refractivity contribution in [2.45, 2.75) is 38.3 Å². The molecule has 1 saturated carbocycles. The first-order chi connectivity index (χ1) is 11.1. The summed E-state index contributed by atoms with van der Waals surface area (Å²) in [7, 11) is 1.59. The predicted octanol–water partition coefficient (Wildman–Crippen LogP) is 2.69. The van der Waals surface area contributed by atoms with E-state index in [0.29, 0.717) is 11.3 Å². The Kier molecular flexibility index (Phi) is 4.34. The molecule has 1 aliphatic carbocycles. The average molecular weight is 316 g/mol. The van der Waals surface area contributed by atoms with E-state index in [9.17, 15) is 9.90 Å². The van der Waals surface area contributed by atoms with Crippen molar-refractivity contribution in [2.24, 2.45) is 0 Å². The Hall–Kier alpha value is -2.34. The molecule has 0 spiro atoms. The fourth-order valence-electron chi connectivity index (χ4n) is 2.61. The molecule has 0 unspecified atom stereocenters. The van der Waals surface area contributed by atoms with E-state index in [0.717, 1.165) is 30.6 Å². The van der Waals surface area contributed by atoms with Crippen LogP contribution in [0.5, 0.6) is 5.75 Å². The lowest BCUT2D eigenvalue weighted by Crippen LogP contribution is -2.39. The molecule has 6 heteroatoms. The summed E-state index contributed by atoms with van der Waals surface area (Å²) in [6.45, 7) is 1.60. The zero-order valence-electron chi connectivity index (χ0n) is 13.2. The number of ether oxygens (including phenoxy) is 1. The molecule has 6 nitrogen and oxygen atoms in total. The summed E-state index contributed by atoms with van der Waals surface area (Å²) in [5.41, 5.74) is 1.64. The number of carbonyl (C=O) groups is 1. The molecule has 1 fully saturated rings. The molecule has 2 N–H and O–H groups in total. The molecule has 2 aromatic rings. The van der Waals surface area contributed by atoms with Gasteiger partial charge in [-0.3, -0.25) is 4.79 Å². The van der Waals surface area contributed by atoms with Crippen LogP contribution in [0.4, 0.5) is 0 Å². The summed E-state index contributed by atoms with van der Waals surface area (Å²) < 4.78 is 10.4. The van der Waals surface area contributed by atoms with Crippen molar-refractivity contribution < 1.29 is 19.2 Å². The van der Waals surface area contributed by atoms with E-state index in [-0.39, 0.29) is 17.7 Å². The minimum atomic E-state index is -0.861. The van der Waals surface area contributed by atoms with Crippen LogP contribution in [-0.2, 0) is 0 Å². The minimum Gasteiger partial charge on any atom is -0.497 e. The second-order valence-electron chi connectivity index (χ2n) is 5.78. The number of benzene rings is 1. The molecule has 0 bridgehead atoms. The Morgan fingerprint density at radius 3 is 2.61 bits per heavy atom. The summed E-state index contributed by atoms with van der Waals surface area (Å²) in [6.07, 6.45) is 2.23. The maximum atomic E-state index is 12.3. The number of methoxy groups -OCH3 is 1. The highest BCUT2D eigenvalue weighted by Crippen LogP contribution is 2.32. The van der Waals surface area contributed by atoms with Gasteiger partial charge in [0.2, 0.25) is 5.76 Å². The lowest BCUT2D eigenvalue weighted by molar-refractivity contribution is 0.0871. The number of nitrogens with one attached hydrogen (secondary N) is 1. The van der Waals surface area contributed by atoms with Crippen molar-refractivity contribution in [2.75, 3.05) is 7.11 Å². The van der Waals surface area contributed by atoms with Gasteiger partial charge in [0.15, 0.2) is 0 Å². The van der Waals surface area contributed by atoms with Gasteiger partial charge in [0.1, 0.15) is 11.4 Å². The molecule has 0 aliphatic heterocycles. The standard InChI is InChI=1S/C17H20N2O4/c1-10(20)14-15(11-6-8-13(22-2)9-7-11)19-23-16(14)17(21)18-12-4-3-5-12/h6-10,12,20H,3-5H2,1-2H3,(H,18,21)/t10-/m0/s1. The third-order valence-electron chi connectivity index (χ3n) is 4.16. The first-order valence-electron chi connectivity index (χ1n) is 7.73. The van der Waals surface area contributed by atoms with Crippen LogP contribution in [-0.4, -0.2) is 29.3 Å². The van der Waals surface area contributed by atoms with Gasteiger partial charge in [-0.1, -0.05) is 5.16 Å². The topological polar surface area (TPSA) is 84.6 Å². The molecule has 0 saturated heterocycles. The molecule has 1 amide bonds. The smallest absolute Gasteiger partial charge is 0.290 e. The summed E-state index contributed by atoms with van der Waals surface area (Å²) in [5, 5.41) is 17.0. The fourth-order valence-corrected chi connectivity index (χ4v) is 2.61. The summed E-state index contributed by atoms with van der Waals surface area (Å²) in [5.74, 6) is 0.481. The van der Waals surface area contributed by atoms with Crippen LogP contribution in [0.3, 0.4) is 0 Å². The molecule has 1 aromatic heterocycles. The molecular formula is C17H20N2O4. The van der Waals surface area contributed by atoms with Gasteiger partial charge >= 0.3 is 0 Å². The second kappa shape index (κ2) is 6.42. The molecule has 0 radical (unpaired) electrons. The molecule has 122 valence electrons. The molecule has 23 heavy (non-hydrogen) atoms. The van der Waals surface area contributed by atoms with E-state index in [1.807, 2.05) is 12.1 Å². The van der Waals surface area contributed by atoms with E-state index in [1.54, 1.807) is 26.2 Å². The molecule has 1 aromatic carbocycles. The summed E-state index contributed by atoms with van der Waals surface area (Å²) in [6, 6.07) is 7.42. The van der Waals surface area contributed by atoms with Gasteiger partial charge in [-0.15, -0.1) is 0 Å². The number of rotatable bonds is 5. The maximum Gasteiger partial charge on any atom is 0.290 e. The lowest BCUT2D eigenvalue weighted by atomic mass is 9.93. The highest BCUT2D eigenvalue weighted by molar-refractivity contribution is 5.94. The molecule has 1 atom stereocenters. The van der Waals surface area contributed by atoms with Gasteiger partial charge in [-0.25, -0.2) is 0 Å². The van der Waals surface area contributed by atoms with Crippen molar-refractivity contribution in [3.05, 3.63) is 35.6 Å². The normalized spacial score (nSPS) is 15.8. The quantitative estimate of drug-likeness (QED) is 0.886. The first-order valence-corrected chi connectivity index (χ1v) is 7.73. The van der Waals surface area contributed by atoms with Crippen molar-refractivity contribution in [3.8, 4) is 17.0 Å². The number of amides is 1. The van der Waals surface area contributed by atoms with Crippen LogP contribution in [0.25, 0.3) is 11.3 Å². The largest absolute Gasteiger partial charge is 0.497 e. The number of aliphatic hydroxyl groups is 1. The van der Waals surface area contributed by atoms with Gasteiger partial charge in [-0.05, 0) is 50.5 Å². The molecule has 3 rings (SSSR count). The Bertz CT molecular complexity index is 687. The van der Waals surface area contributed by atoms with E-state index in [4.69, 9.17) is 9.26 Å². The number of nitrogens with zero attached hydrogens (tertiary/aromatic N) is 1. The van der Waals surface area contributed by atoms with Crippen molar-refractivity contribution in [3.63, 3.8) is 0 Å². The van der Waals surface area contributed by atoms with Crippen molar-refractivity contribution >= 4 is 5.91 Å². The van der Waals surface area contributed by atoms with Gasteiger partial charge in [0.05, 0.1) is 18.8 Å². The number of aromatic nitrogens is 1. The Balaban J connectivity index is 1.92. The average Bonchev–Trinajstić information content (AvgIpc) is 2.96. The van der Waals surface area contributed by atoms with Crippen molar-refractivity contribution in [1.29, 1.82) is 0 Å². The highest BCUT2D eigenvalue weighted by Gasteiger charge is 2.29. The lowest BCUT2D eigenvalue weighted by Gasteiger charge is -2.25. The van der Waals surface area contributed by atoms with Crippen LogP contribution in [0, 0.1) is 0 Å². The van der Waals surface area contributed by atoms with Crippen LogP contribution in [0.15, 0.2) is 28.8 Å². The SMILES string of the molecule is COc1ccc(-c2noc(C(=O)NC3CCC3)c2[C@H](C)O)cc1. The Morgan fingerprint density at radius 1 is 1.39 bits per heavy atom. The first kappa shape index (κ1) is 15.6. The molecule has 1 heterocycles. The van der Waals surface area contributed by atoms with Gasteiger partial charge < -0.3 is 19.7 Å². The fraction of sp³-hybridized carbons (Fsp3) is 0.412. The van der Waals surface area contributed by atoms with Gasteiger partial charge in [0.25, 0.3) is 5.91 Å². The van der Waals surface area contributed by atoms with Crippen LogP contribution < -0.4 is 10.1 Å². The minimum absolute atomic E-state index is 0.0812. The zero-order chi connectivity index (χ0) is 16.4. The van der Waals surface area contributed by atoms with Gasteiger partial charge in [0, 0.05) is 11.6 Å². The summed E-state index contributed by atoms with van der Waals surface area (Å²) >= 11 is 0. The zero-order valence-corrected chi connectivity index (χ0v) is 13.2. The molecule has 1 aliphatic rings. The van der Waals surface area contributed by atoms with Crippen LogP contribution >= 0.6 is 0 Å². The van der Waals surface area contributed by atoms with Crippen LogP contribution in [0.2, 0.25) is 0 Å². The second-order valence-corrected chi connectivity index (χ2v) is 5.78. The number of aliphatic hydroxyl groups excluding tert-OH is 1. The highest BCUT2D eigenvalue weighted by atomic mass is 16.5. The summed E-state index contributed by atoms with van der Waals surface area (Å²) in [4.78, 5) is 12.3. The third kappa shape index (κ3) is 3.07. The van der Waals surface area contributed by atoms with Gasteiger partial charge in [-0.2, -0.15) is 0 Å². The van der Waals surface area contributed by atoms with E-state index < -0.39 is 6.10 Å². The Morgan fingerprint density at radius 2 is 2.09 bits per heavy atom. The maximum absolute atomic E-state index is 12.3. The predicted molar refractivity (Wildman–Crippen MR) is 84.2 cm³/mol. The Labute approximate surface area is 134 Å². The van der Waals surface area contributed by atoms with Crippen molar-refractivity contribution in [1.82, 2.24) is 10.5 Å². The third-order valence-corrected chi connectivity index (χ3v) is 4.16. The van der Waals surface area contributed by atoms with E-state index >= 15 is 0 Å². The number of hydrogen-bond donors (Lipinski definition) is 2. The molecular weight excluding hydrogens is 296 g/mol. The van der Waals surface area contributed by atoms with E-state index in [1.165, 1.54) is 0 Å². The van der Waals surface area contributed by atoms with Crippen LogP contribution in [0.1, 0.15) is 48.4 Å². The monoisotopic (exact) mass is 316 g/mol. The number of carbonyl (C=O) groups excluding carboxylic acids is 1. The van der Waals surface area contributed by atoms with E-state index in [2.05, 4.69) is 10.5 Å².